The molecule has 3 heteroatoms. The second kappa shape index (κ2) is 6.69. The van der Waals surface area contributed by atoms with E-state index in [4.69, 9.17) is 9.47 Å². The molecule has 0 radical (unpaired) electrons. The zero-order chi connectivity index (χ0) is 13.5. The molecule has 0 spiro atoms. The van der Waals surface area contributed by atoms with Crippen molar-refractivity contribution in [3.8, 4) is 11.5 Å². The van der Waals surface area contributed by atoms with E-state index in [1.807, 2.05) is 36.4 Å². The van der Waals surface area contributed by atoms with E-state index in [1.165, 1.54) is 5.56 Å². The number of anilines is 1. The SMILES string of the molecule is COc1ccc(NCCc2cccc(OC)c2)cc1. The summed E-state index contributed by atoms with van der Waals surface area (Å²) in [6.07, 6.45) is 0.962. The Kier molecular flexibility index (Phi) is 4.67. The highest BCUT2D eigenvalue weighted by molar-refractivity contribution is 5.46. The minimum atomic E-state index is 0.873. The maximum Gasteiger partial charge on any atom is 0.119 e. The van der Waals surface area contributed by atoms with Crippen LogP contribution >= 0.6 is 0 Å². The highest BCUT2D eigenvalue weighted by Crippen LogP contribution is 2.16. The van der Waals surface area contributed by atoms with E-state index in [9.17, 15) is 0 Å². The standard InChI is InChI=1S/C16H19NO2/c1-18-15-8-6-14(7-9-15)17-11-10-13-4-3-5-16(12-13)19-2/h3-9,12,17H,10-11H2,1-2H3. The van der Waals surface area contributed by atoms with Crippen LogP contribution in [0.4, 0.5) is 5.69 Å². The molecule has 3 nitrogen and oxygen atoms in total. The fraction of sp³-hybridized carbons (Fsp3) is 0.250. The molecule has 0 aliphatic rings. The molecular formula is C16H19NO2. The topological polar surface area (TPSA) is 30.5 Å². The summed E-state index contributed by atoms with van der Waals surface area (Å²) < 4.78 is 10.3. The Hall–Kier alpha value is -2.16. The van der Waals surface area contributed by atoms with Gasteiger partial charge in [-0.3, -0.25) is 0 Å². The fourth-order valence-corrected chi connectivity index (χ4v) is 1.89. The summed E-state index contributed by atoms with van der Waals surface area (Å²) in [5, 5.41) is 3.39. The first-order chi connectivity index (χ1) is 9.31. The summed E-state index contributed by atoms with van der Waals surface area (Å²) in [5.41, 5.74) is 2.36. The van der Waals surface area contributed by atoms with Crippen molar-refractivity contribution in [2.45, 2.75) is 6.42 Å². The molecule has 0 unspecified atom stereocenters. The normalized spacial score (nSPS) is 10.0. The lowest BCUT2D eigenvalue weighted by molar-refractivity contribution is 0.414. The maximum atomic E-state index is 5.21. The van der Waals surface area contributed by atoms with Crippen LogP contribution in [0.5, 0.6) is 11.5 Å². The highest BCUT2D eigenvalue weighted by Gasteiger charge is 1.97. The third-order valence-electron chi connectivity index (χ3n) is 2.97. The van der Waals surface area contributed by atoms with Gasteiger partial charge in [-0.15, -0.1) is 0 Å². The molecule has 100 valence electrons. The summed E-state index contributed by atoms with van der Waals surface area (Å²) in [4.78, 5) is 0. The smallest absolute Gasteiger partial charge is 0.119 e. The van der Waals surface area contributed by atoms with Gasteiger partial charge in [0.2, 0.25) is 0 Å². The van der Waals surface area contributed by atoms with E-state index >= 15 is 0 Å². The quantitative estimate of drug-likeness (QED) is 0.860. The van der Waals surface area contributed by atoms with Crippen LogP contribution in [0.2, 0.25) is 0 Å². The lowest BCUT2D eigenvalue weighted by atomic mass is 10.1. The van der Waals surface area contributed by atoms with Gasteiger partial charge >= 0.3 is 0 Å². The predicted molar refractivity (Wildman–Crippen MR) is 78.2 cm³/mol. The molecule has 0 atom stereocenters. The van der Waals surface area contributed by atoms with Crippen molar-refractivity contribution < 1.29 is 9.47 Å². The highest BCUT2D eigenvalue weighted by atomic mass is 16.5. The molecule has 0 saturated carbocycles. The molecule has 2 aromatic carbocycles. The number of methoxy groups -OCH3 is 2. The van der Waals surface area contributed by atoms with E-state index in [2.05, 4.69) is 17.4 Å². The Morgan fingerprint density at radius 2 is 1.63 bits per heavy atom. The van der Waals surface area contributed by atoms with Crippen molar-refractivity contribution in [2.24, 2.45) is 0 Å². The van der Waals surface area contributed by atoms with E-state index in [1.54, 1.807) is 14.2 Å². The van der Waals surface area contributed by atoms with E-state index in [-0.39, 0.29) is 0 Å². The zero-order valence-electron chi connectivity index (χ0n) is 11.3. The number of nitrogens with one attached hydrogen (secondary N) is 1. The van der Waals surface area contributed by atoms with Crippen LogP contribution in [0.25, 0.3) is 0 Å². The Bertz CT molecular complexity index is 508. The molecule has 2 rings (SSSR count). The largest absolute Gasteiger partial charge is 0.497 e. The van der Waals surface area contributed by atoms with Gasteiger partial charge in [0.1, 0.15) is 11.5 Å². The van der Waals surface area contributed by atoms with Gasteiger partial charge in [-0.25, -0.2) is 0 Å². The zero-order valence-corrected chi connectivity index (χ0v) is 11.3. The number of benzene rings is 2. The monoisotopic (exact) mass is 257 g/mol. The van der Waals surface area contributed by atoms with Gasteiger partial charge in [-0.1, -0.05) is 12.1 Å². The van der Waals surface area contributed by atoms with Crippen LogP contribution in [0.15, 0.2) is 48.5 Å². The van der Waals surface area contributed by atoms with E-state index < -0.39 is 0 Å². The summed E-state index contributed by atoms with van der Waals surface area (Å²) in [7, 11) is 3.36. The van der Waals surface area contributed by atoms with Crippen molar-refractivity contribution >= 4 is 5.69 Å². The van der Waals surface area contributed by atoms with Gasteiger partial charge in [-0.05, 0) is 48.4 Å². The van der Waals surface area contributed by atoms with Crippen LogP contribution in [-0.4, -0.2) is 20.8 Å². The first-order valence-electron chi connectivity index (χ1n) is 6.32. The molecule has 0 amide bonds. The Balaban J connectivity index is 1.85. The molecule has 0 heterocycles. The second-order valence-electron chi connectivity index (χ2n) is 4.26. The summed E-state index contributed by atoms with van der Waals surface area (Å²) in [5.74, 6) is 1.78. The minimum Gasteiger partial charge on any atom is -0.497 e. The molecule has 1 N–H and O–H groups in total. The summed E-state index contributed by atoms with van der Waals surface area (Å²) in [6.45, 7) is 0.888. The van der Waals surface area contributed by atoms with Gasteiger partial charge < -0.3 is 14.8 Å². The number of ether oxygens (including phenoxy) is 2. The molecule has 0 fully saturated rings. The van der Waals surface area contributed by atoms with E-state index in [0.29, 0.717) is 0 Å². The molecule has 0 aliphatic carbocycles. The van der Waals surface area contributed by atoms with Gasteiger partial charge in [0.15, 0.2) is 0 Å². The van der Waals surface area contributed by atoms with Crippen molar-refractivity contribution in [3.05, 3.63) is 54.1 Å². The van der Waals surface area contributed by atoms with Crippen LogP contribution in [0.3, 0.4) is 0 Å². The van der Waals surface area contributed by atoms with Crippen LogP contribution in [0.1, 0.15) is 5.56 Å². The number of hydrogen-bond donors (Lipinski definition) is 1. The van der Waals surface area contributed by atoms with Crippen molar-refractivity contribution in [2.75, 3.05) is 26.1 Å². The lowest BCUT2D eigenvalue weighted by Crippen LogP contribution is -2.04. The minimum absolute atomic E-state index is 0.873. The molecule has 19 heavy (non-hydrogen) atoms. The predicted octanol–water partition coefficient (Wildman–Crippen LogP) is 3.36. The Labute approximate surface area is 114 Å². The van der Waals surface area contributed by atoms with Gasteiger partial charge in [0.05, 0.1) is 14.2 Å². The first kappa shape index (κ1) is 13.3. The lowest BCUT2D eigenvalue weighted by Gasteiger charge is -2.08. The maximum absolute atomic E-state index is 5.21. The average Bonchev–Trinajstić information content (AvgIpc) is 2.48. The number of hydrogen-bond acceptors (Lipinski definition) is 3. The van der Waals surface area contributed by atoms with Crippen molar-refractivity contribution in [1.29, 1.82) is 0 Å². The Morgan fingerprint density at radius 1 is 0.895 bits per heavy atom. The van der Waals surface area contributed by atoms with Crippen molar-refractivity contribution in [1.82, 2.24) is 0 Å². The summed E-state index contributed by atoms with van der Waals surface area (Å²) in [6, 6.07) is 16.1. The molecule has 0 bridgehead atoms. The molecule has 0 saturated heterocycles. The molecular weight excluding hydrogens is 238 g/mol. The van der Waals surface area contributed by atoms with Crippen LogP contribution in [-0.2, 0) is 6.42 Å². The Morgan fingerprint density at radius 3 is 2.32 bits per heavy atom. The van der Waals surface area contributed by atoms with Crippen molar-refractivity contribution in [3.63, 3.8) is 0 Å². The molecule has 0 aromatic heterocycles. The third kappa shape index (κ3) is 3.91. The third-order valence-corrected chi connectivity index (χ3v) is 2.97. The average molecular weight is 257 g/mol. The van der Waals surface area contributed by atoms with E-state index in [0.717, 1.165) is 30.2 Å². The van der Waals surface area contributed by atoms with Gasteiger partial charge in [-0.2, -0.15) is 0 Å². The molecule has 2 aromatic rings. The molecule has 0 aliphatic heterocycles. The van der Waals surface area contributed by atoms with Gasteiger partial charge in [0, 0.05) is 12.2 Å². The number of rotatable bonds is 6. The second-order valence-corrected chi connectivity index (χ2v) is 4.26. The first-order valence-corrected chi connectivity index (χ1v) is 6.32. The fourth-order valence-electron chi connectivity index (χ4n) is 1.89. The summed E-state index contributed by atoms with van der Waals surface area (Å²) >= 11 is 0. The van der Waals surface area contributed by atoms with Crippen LogP contribution < -0.4 is 14.8 Å². The van der Waals surface area contributed by atoms with Crippen LogP contribution in [0, 0.1) is 0 Å². The van der Waals surface area contributed by atoms with Gasteiger partial charge in [0.25, 0.3) is 0 Å².